The summed E-state index contributed by atoms with van der Waals surface area (Å²) in [5.74, 6) is 2.17. The molecule has 2 heterocycles. The zero-order chi connectivity index (χ0) is 14.8. The second-order valence-electron chi connectivity index (χ2n) is 5.56. The third kappa shape index (κ3) is 2.75. The van der Waals surface area contributed by atoms with Crippen LogP contribution in [0.4, 0.5) is 0 Å². The van der Waals surface area contributed by atoms with Crippen LogP contribution >= 0.6 is 11.6 Å². The van der Waals surface area contributed by atoms with Crippen LogP contribution in [-0.4, -0.2) is 27.5 Å². The quantitative estimate of drug-likeness (QED) is 0.762. The molecular formula is C15H22ClN3O. The molecule has 0 saturated heterocycles. The second kappa shape index (κ2) is 6.00. The number of halogens is 1. The van der Waals surface area contributed by atoms with E-state index in [2.05, 4.69) is 35.3 Å². The fraction of sp³-hybridized carbons (Fsp3) is 0.600. The van der Waals surface area contributed by atoms with Gasteiger partial charge in [-0.25, -0.2) is 4.98 Å². The zero-order valence-electron chi connectivity index (χ0n) is 12.6. The summed E-state index contributed by atoms with van der Waals surface area (Å²) in [6.45, 7) is 6.63. The van der Waals surface area contributed by atoms with Crippen LogP contribution in [0.15, 0.2) is 12.1 Å². The van der Waals surface area contributed by atoms with Crippen LogP contribution in [0.25, 0.3) is 11.2 Å². The molecular weight excluding hydrogens is 274 g/mol. The Balaban J connectivity index is 2.65. The van der Waals surface area contributed by atoms with Crippen molar-refractivity contribution in [1.29, 1.82) is 0 Å². The average molecular weight is 296 g/mol. The van der Waals surface area contributed by atoms with Crippen molar-refractivity contribution >= 4 is 22.8 Å². The number of aromatic nitrogens is 3. The number of rotatable bonds is 6. The van der Waals surface area contributed by atoms with Crippen molar-refractivity contribution in [1.82, 2.24) is 14.5 Å². The molecule has 2 rings (SSSR count). The third-order valence-corrected chi connectivity index (χ3v) is 3.73. The van der Waals surface area contributed by atoms with Gasteiger partial charge in [0, 0.05) is 23.9 Å². The fourth-order valence-electron chi connectivity index (χ4n) is 2.71. The van der Waals surface area contributed by atoms with Crippen molar-refractivity contribution in [2.45, 2.75) is 45.6 Å². The van der Waals surface area contributed by atoms with Gasteiger partial charge in [0.2, 0.25) is 5.88 Å². The minimum absolute atomic E-state index is 0.0374. The van der Waals surface area contributed by atoms with Crippen molar-refractivity contribution in [3.63, 3.8) is 0 Å². The van der Waals surface area contributed by atoms with Gasteiger partial charge in [-0.2, -0.15) is 4.98 Å². The summed E-state index contributed by atoms with van der Waals surface area (Å²) in [5, 5.41) is 0. The molecule has 5 heteroatoms. The van der Waals surface area contributed by atoms with Crippen molar-refractivity contribution in [2.24, 2.45) is 0 Å². The first kappa shape index (κ1) is 15.1. The van der Waals surface area contributed by atoms with E-state index in [9.17, 15) is 0 Å². The smallest absolute Gasteiger partial charge is 0.215 e. The number of nitrogens with zero attached hydrogens (tertiary/aromatic N) is 3. The van der Waals surface area contributed by atoms with E-state index in [1.54, 1.807) is 7.11 Å². The molecule has 4 nitrogen and oxygen atoms in total. The first-order chi connectivity index (χ1) is 9.53. The Labute approximate surface area is 125 Å². The molecule has 0 unspecified atom stereocenters. The topological polar surface area (TPSA) is 39.9 Å². The summed E-state index contributed by atoms with van der Waals surface area (Å²) < 4.78 is 7.46. The maximum atomic E-state index is 5.92. The van der Waals surface area contributed by atoms with Crippen molar-refractivity contribution in [3.05, 3.63) is 18.0 Å². The summed E-state index contributed by atoms with van der Waals surface area (Å²) in [5.41, 5.74) is 1.74. The summed E-state index contributed by atoms with van der Waals surface area (Å²) in [6, 6.07) is 3.80. The Bertz CT molecular complexity index is 592. The number of hydrogen-bond acceptors (Lipinski definition) is 3. The molecule has 0 saturated carbocycles. The number of hydrogen-bond donors (Lipinski definition) is 0. The Morgan fingerprint density at radius 3 is 2.65 bits per heavy atom. The molecule has 0 radical (unpaired) electrons. The molecule has 0 amide bonds. The highest BCUT2D eigenvalue weighted by molar-refractivity contribution is 6.17. The summed E-state index contributed by atoms with van der Waals surface area (Å²) in [6.07, 6.45) is 2.91. The standard InChI is InChI=1S/C15H22ClN3O/c1-5-9-15(2,3)19-12(8-10-16)17-11-6-7-13(20-4)18-14(11)19/h6-7H,5,8-10H2,1-4H3. The number of methoxy groups -OCH3 is 1. The Morgan fingerprint density at radius 1 is 1.30 bits per heavy atom. The molecule has 20 heavy (non-hydrogen) atoms. The zero-order valence-corrected chi connectivity index (χ0v) is 13.4. The van der Waals surface area contributed by atoms with E-state index in [0.29, 0.717) is 11.8 Å². The average Bonchev–Trinajstić information content (AvgIpc) is 2.76. The molecule has 0 spiro atoms. The van der Waals surface area contributed by atoms with Crippen LogP contribution in [0.3, 0.4) is 0 Å². The van der Waals surface area contributed by atoms with Gasteiger partial charge in [0.25, 0.3) is 0 Å². The number of pyridine rings is 1. The fourth-order valence-corrected chi connectivity index (χ4v) is 2.88. The predicted molar refractivity (Wildman–Crippen MR) is 82.7 cm³/mol. The van der Waals surface area contributed by atoms with Crippen LogP contribution in [0.5, 0.6) is 5.88 Å². The van der Waals surface area contributed by atoms with E-state index in [4.69, 9.17) is 16.3 Å². The number of fused-ring (bicyclic) bond motifs is 1. The largest absolute Gasteiger partial charge is 0.481 e. The molecule has 0 atom stereocenters. The molecule has 0 fully saturated rings. The van der Waals surface area contributed by atoms with Gasteiger partial charge in [-0.15, -0.1) is 11.6 Å². The van der Waals surface area contributed by atoms with Gasteiger partial charge < -0.3 is 9.30 Å². The number of alkyl halides is 1. The van der Waals surface area contributed by atoms with E-state index < -0.39 is 0 Å². The minimum atomic E-state index is -0.0374. The Hall–Kier alpha value is -1.29. The van der Waals surface area contributed by atoms with Crippen molar-refractivity contribution in [2.75, 3.05) is 13.0 Å². The minimum Gasteiger partial charge on any atom is -0.481 e. The highest BCUT2D eigenvalue weighted by Crippen LogP contribution is 2.29. The molecule has 0 aromatic carbocycles. The summed E-state index contributed by atoms with van der Waals surface area (Å²) in [4.78, 5) is 9.27. The Kier molecular flexibility index (Phi) is 4.53. The SMILES string of the molecule is CCCC(C)(C)n1c(CCCl)nc2ccc(OC)nc21. The predicted octanol–water partition coefficient (Wildman–Crippen LogP) is 3.76. The van der Waals surface area contributed by atoms with Crippen LogP contribution in [0, 0.1) is 0 Å². The van der Waals surface area contributed by atoms with Gasteiger partial charge in [0.15, 0.2) is 5.65 Å². The normalized spacial score (nSPS) is 12.1. The van der Waals surface area contributed by atoms with Crippen LogP contribution in [0.2, 0.25) is 0 Å². The Morgan fingerprint density at radius 2 is 2.05 bits per heavy atom. The van der Waals surface area contributed by atoms with Gasteiger partial charge in [-0.1, -0.05) is 13.3 Å². The molecule has 110 valence electrons. The van der Waals surface area contributed by atoms with Gasteiger partial charge >= 0.3 is 0 Å². The van der Waals surface area contributed by atoms with Gasteiger partial charge in [0.1, 0.15) is 11.3 Å². The monoisotopic (exact) mass is 295 g/mol. The van der Waals surface area contributed by atoms with Crippen LogP contribution < -0.4 is 4.74 Å². The maximum Gasteiger partial charge on any atom is 0.215 e. The highest BCUT2D eigenvalue weighted by atomic mass is 35.5. The highest BCUT2D eigenvalue weighted by Gasteiger charge is 2.26. The first-order valence-corrected chi connectivity index (χ1v) is 7.55. The van der Waals surface area contributed by atoms with Crippen LogP contribution in [0.1, 0.15) is 39.4 Å². The first-order valence-electron chi connectivity index (χ1n) is 7.02. The van der Waals surface area contributed by atoms with E-state index in [-0.39, 0.29) is 5.54 Å². The maximum absolute atomic E-state index is 5.92. The molecule has 2 aromatic heterocycles. The molecule has 0 N–H and O–H groups in total. The second-order valence-corrected chi connectivity index (χ2v) is 5.94. The number of imidazole rings is 1. The molecule has 0 aliphatic rings. The molecule has 0 bridgehead atoms. The molecule has 0 aliphatic carbocycles. The number of ether oxygens (including phenoxy) is 1. The third-order valence-electron chi connectivity index (χ3n) is 3.54. The lowest BCUT2D eigenvalue weighted by molar-refractivity contribution is 0.321. The summed E-state index contributed by atoms with van der Waals surface area (Å²) in [7, 11) is 1.63. The van der Waals surface area contributed by atoms with E-state index in [0.717, 1.165) is 36.3 Å². The summed E-state index contributed by atoms with van der Waals surface area (Å²) >= 11 is 5.92. The number of aryl methyl sites for hydroxylation is 1. The lowest BCUT2D eigenvalue weighted by Gasteiger charge is -2.28. The van der Waals surface area contributed by atoms with Crippen molar-refractivity contribution in [3.8, 4) is 5.88 Å². The van der Waals surface area contributed by atoms with E-state index >= 15 is 0 Å². The lowest BCUT2D eigenvalue weighted by atomic mass is 9.98. The van der Waals surface area contributed by atoms with E-state index in [1.165, 1.54) is 0 Å². The van der Waals surface area contributed by atoms with Crippen LogP contribution in [-0.2, 0) is 12.0 Å². The van der Waals surface area contributed by atoms with Gasteiger partial charge in [-0.05, 0) is 26.3 Å². The van der Waals surface area contributed by atoms with Gasteiger partial charge in [0.05, 0.1) is 7.11 Å². The molecule has 2 aromatic rings. The van der Waals surface area contributed by atoms with E-state index in [1.807, 2.05) is 12.1 Å². The lowest BCUT2D eigenvalue weighted by Crippen LogP contribution is -2.28. The molecule has 0 aliphatic heterocycles. The van der Waals surface area contributed by atoms with Crippen molar-refractivity contribution < 1.29 is 4.74 Å². The van der Waals surface area contributed by atoms with Gasteiger partial charge in [-0.3, -0.25) is 0 Å².